The second-order valence-corrected chi connectivity index (χ2v) is 4.79. The molecule has 7 nitrogen and oxygen atoms in total. The fourth-order valence-corrected chi connectivity index (χ4v) is 1.83. The zero-order chi connectivity index (χ0) is 14.6. The van der Waals surface area contributed by atoms with Crippen molar-refractivity contribution in [3.05, 3.63) is 0 Å². The van der Waals surface area contributed by atoms with E-state index in [-0.39, 0.29) is 12.5 Å². The molecule has 1 aliphatic heterocycles. The number of nitrogens with zero attached hydrogens (tertiary/aromatic N) is 1. The number of amides is 5. The molecule has 5 amide bonds. The lowest BCUT2D eigenvalue weighted by Crippen LogP contribution is -2.60. The van der Waals surface area contributed by atoms with Crippen LogP contribution in [0.3, 0.4) is 0 Å². The maximum Gasteiger partial charge on any atom is 0.331 e. The monoisotopic (exact) mass is 269 g/mol. The first-order valence-corrected chi connectivity index (χ1v) is 6.31. The van der Waals surface area contributed by atoms with Crippen LogP contribution in [-0.2, 0) is 14.4 Å². The van der Waals surface area contributed by atoms with E-state index in [2.05, 4.69) is 10.6 Å². The van der Waals surface area contributed by atoms with Gasteiger partial charge in [0.05, 0.1) is 0 Å². The van der Waals surface area contributed by atoms with E-state index in [9.17, 15) is 19.2 Å². The summed E-state index contributed by atoms with van der Waals surface area (Å²) in [6.45, 7) is 5.45. The first-order chi connectivity index (χ1) is 8.88. The highest BCUT2D eigenvalue weighted by molar-refractivity contribution is 6.17. The number of hydrogen-bond acceptors (Lipinski definition) is 4. The molecule has 106 valence electrons. The Labute approximate surface area is 111 Å². The number of carbonyl (C=O) groups is 4. The zero-order valence-electron chi connectivity index (χ0n) is 11.4. The van der Waals surface area contributed by atoms with Crippen molar-refractivity contribution in [1.29, 1.82) is 0 Å². The molecule has 0 aromatic heterocycles. The molecule has 1 atom stereocenters. The molecule has 1 unspecified atom stereocenters. The topological polar surface area (TPSA) is 95.6 Å². The van der Waals surface area contributed by atoms with Crippen molar-refractivity contribution in [3.8, 4) is 0 Å². The molecule has 0 radical (unpaired) electrons. The van der Waals surface area contributed by atoms with Crippen molar-refractivity contribution >= 4 is 23.8 Å². The summed E-state index contributed by atoms with van der Waals surface area (Å²) in [6.07, 6.45) is 0.763. The summed E-state index contributed by atoms with van der Waals surface area (Å²) in [5, 5.41) is 4.68. The van der Waals surface area contributed by atoms with Crippen molar-refractivity contribution < 1.29 is 19.2 Å². The Balaban J connectivity index is 2.76. The van der Waals surface area contributed by atoms with E-state index < -0.39 is 29.7 Å². The van der Waals surface area contributed by atoms with Gasteiger partial charge in [0.25, 0.3) is 0 Å². The minimum Gasteiger partial charge on any atom is -0.355 e. The summed E-state index contributed by atoms with van der Waals surface area (Å²) in [5.41, 5.74) is 0. The predicted octanol–water partition coefficient (Wildman–Crippen LogP) is -0.137. The van der Waals surface area contributed by atoms with E-state index in [1.165, 1.54) is 0 Å². The molecule has 7 heteroatoms. The lowest BCUT2D eigenvalue weighted by molar-refractivity contribution is -0.146. The van der Waals surface area contributed by atoms with Crippen LogP contribution >= 0.6 is 0 Å². The van der Waals surface area contributed by atoms with Gasteiger partial charge in [-0.15, -0.1) is 0 Å². The number of nitrogens with one attached hydrogen (secondary N) is 2. The molecule has 0 aromatic carbocycles. The second-order valence-electron chi connectivity index (χ2n) is 4.79. The third kappa shape index (κ3) is 3.52. The van der Waals surface area contributed by atoms with E-state index in [4.69, 9.17) is 0 Å². The standard InChI is InChI=1S/C12H19N3O4/c1-4-5-13-8(16)6-15-11(18)9(7(2)3)10(17)14-12(15)19/h7,9H,4-6H2,1-3H3,(H,13,16)(H,14,17,19). The van der Waals surface area contributed by atoms with Crippen molar-refractivity contribution in [3.63, 3.8) is 0 Å². The Morgan fingerprint density at radius 1 is 1.37 bits per heavy atom. The number of barbiturate groups is 1. The molecule has 2 N–H and O–H groups in total. The number of carbonyl (C=O) groups excluding carboxylic acids is 4. The number of urea groups is 1. The van der Waals surface area contributed by atoms with Crippen LogP contribution in [0, 0.1) is 11.8 Å². The maximum atomic E-state index is 12.1. The smallest absolute Gasteiger partial charge is 0.331 e. The second kappa shape index (κ2) is 6.31. The molecule has 0 aromatic rings. The quantitative estimate of drug-likeness (QED) is 0.679. The van der Waals surface area contributed by atoms with Crippen LogP contribution in [0.2, 0.25) is 0 Å². The van der Waals surface area contributed by atoms with E-state index in [0.29, 0.717) is 6.54 Å². The lowest BCUT2D eigenvalue weighted by atomic mass is 9.92. The van der Waals surface area contributed by atoms with Crippen molar-refractivity contribution in [1.82, 2.24) is 15.5 Å². The van der Waals surface area contributed by atoms with E-state index in [0.717, 1.165) is 11.3 Å². The van der Waals surface area contributed by atoms with Crippen LogP contribution < -0.4 is 10.6 Å². The summed E-state index contributed by atoms with van der Waals surface area (Å²) in [4.78, 5) is 47.6. The first-order valence-electron chi connectivity index (χ1n) is 6.31. The van der Waals surface area contributed by atoms with Gasteiger partial charge in [-0.2, -0.15) is 0 Å². The van der Waals surface area contributed by atoms with Crippen molar-refractivity contribution in [2.24, 2.45) is 11.8 Å². The fraction of sp³-hybridized carbons (Fsp3) is 0.667. The molecule has 0 spiro atoms. The SMILES string of the molecule is CCCNC(=O)CN1C(=O)NC(=O)C(C(C)C)C1=O. The van der Waals surface area contributed by atoms with Crippen LogP contribution in [-0.4, -0.2) is 41.7 Å². The average Bonchev–Trinajstić information content (AvgIpc) is 2.31. The number of imide groups is 2. The highest BCUT2D eigenvalue weighted by Crippen LogP contribution is 2.18. The van der Waals surface area contributed by atoms with E-state index >= 15 is 0 Å². The highest BCUT2D eigenvalue weighted by atomic mass is 16.2. The van der Waals surface area contributed by atoms with Crippen LogP contribution in [0.25, 0.3) is 0 Å². The largest absolute Gasteiger partial charge is 0.355 e. The van der Waals surface area contributed by atoms with Crippen LogP contribution in [0.5, 0.6) is 0 Å². The minimum absolute atomic E-state index is 0.234. The predicted molar refractivity (Wildman–Crippen MR) is 66.9 cm³/mol. The molecule has 0 aliphatic carbocycles. The molecular weight excluding hydrogens is 250 g/mol. The van der Waals surface area contributed by atoms with E-state index in [1.54, 1.807) is 13.8 Å². The molecule has 0 bridgehead atoms. The average molecular weight is 269 g/mol. The third-order valence-corrected chi connectivity index (χ3v) is 2.83. The molecule has 19 heavy (non-hydrogen) atoms. The summed E-state index contributed by atoms with van der Waals surface area (Å²) in [6, 6.07) is -0.835. The van der Waals surface area contributed by atoms with Gasteiger partial charge < -0.3 is 5.32 Å². The number of rotatable bonds is 5. The van der Waals surface area contributed by atoms with Gasteiger partial charge in [-0.25, -0.2) is 4.79 Å². The molecule has 1 saturated heterocycles. The minimum atomic E-state index is -0.920. The maximum absolute atomic E-state index is 12.1. The van der Waals surface area contributed by atoms with Gasteiger partial charge in [-0.05, 0) is 12.3 Å². The summed E-state index contributed by atoms with van der Waals surface area (Å²) in [7, 11) is 0. The Morgan fingerprint density at radius 2 is 2.00 bits per heavy atom. The van der Waals surface area contributed by atoms with Gasteiger partial charge in [0.1, 0.15) is 12.5 Å². The van der Waals surface area contributed by atoms with Gasteiger partial charge in [0.15, 0.2) is 0 Å². The molecule has 1 fully saturated rings. The molecule has 1 aliphatic rings. The zero-order valence-corrected chi connectivity index (χ0v) is 11.4. The Kier molecular flexibility index (Phi) is 5.02. The first kappa shape index (κ1) is 15.1. The van der Waals surface area contributed by atoms with Gasteiger partial charge in [-0.3, -0.25) is 24.6 Å². The molecule has 1 rings (SSSR count). The van der Waals surface area contributed by atoms with Crippen molar-refractivity contribution in [2.45, 2.75) is 27.2 Å². The van der Waals surface area contributed by atoms with Crippen LogP contribution in [0.4, 0.5) is 4.79 Å². The number of hydrogen-bond donors (Lipinski definition) is 2. The third-order valence-electron chi connectivity index (χ3n) is 2.83. The highest BCUT2D eigenvalue weighted by Gasteiger charge is 2.42. The van der Waals surface area contributed by atoms with Crippen molar-refractivity contribution in [2.75, 3.05) is 13.1 Å². The van der Waals surface area contributed by atoms with Crippen LogP contribution in [0.15, 0.2) is 0 Å². The van der Waals surface area contributed by atoms with Gasteiger partial charge in [0, 0.05) is 6.54 Å². The van der Waals surface area contributed by atoms with Gasteiger partial charge >= 0.3 is 6.03 Å². The fourth-order valence-electron chi connectivity index (χ4n) is 1.83. The molecule has 1 heterocycles. The summed E-state index contributed by atoms with van der Waals surface area (Å²) in [5.74, 6) is -2.79. The van der Waals surface area contributed by atoms with E-state index in [1.807, 2.05) is 6.92 Å². The Morgan fingerprint density at radius 3 is 2.53 bits per heavy atom. The summed E-state index contributed by atoms with van der Waals surface area (Å²) < 4.78 is 0. The van der Waals surface area contributed by atoms with Crippen LogP contribution in [0.1, 0.15) is 27.2 Å². The lowest BCUT2D eigenvalue weighted by Gasteiger charge is -2.31. The van der Waals surface area contributed by atoms with Gasteiger partial charge in [0.2, 0.25) is 17.7 Å². The molecule has 0 saturated carbocycles. The summed E-state index contributed by atoms with van der Waals surface area (Å²) >= 11 is 0. The van der Waals surface area contributed by atoms with Gasteiger partial charge in [-0.1, -0.05) is 20.8 Å². The molecular formula is C12H19N3O4. The Bertz CT molecular complexity index is 406. The normalized spacial score (nSPS) is 19.7. The Hall–Kier alpha value is -1.92.